The number of rotatable bonds is 5. The van der Waals surface area contributed by atoms with E-state index >= 15 is 0 Å². The Balaban J connectivity index is 1.90. The third-order valence-electron chi connectivity index (χ3n) is 2.96. The third-order valence-corrected chi connectivity index (χ3v) is 3.27. The third kappa shape index (κ3) is 3.84. The maximum absolute atomic E-state index is 12.9. The molecule has 0 spiro atoms. The van der Waals surface area contributed by atoms with Crippen molar-refractivity contribution in [3.63, 3.8) is 0 Å². The van der Waals surface area contributed by atoms with Gasteiger partial charge < -0.3 is 9.73 Å². The van der Waals surface area contributed by atoms with Crippen molar-refractivity contribution >= 4 is 17.5 Å². The second-order valence-corrected chi connectivity index (χ2v) is 5.02. The predicted octanol–water partition coefficient (Wildman–Crippen LogP) is 3.82. The van der Waals surface area contributed by atoms with Gasteiger partial charge in [0.1, 0.15) is 11.6 Å². The van der Waals surface area contributed by atoms with Gasteiger partial charge in [0, 0.05) is 12.5 Å². The lowest BCUT2D eigenvalue weighted by Gasteiger charge is -2.13. The zero-order chi connectivity index (χ0) is 14.5. The number of hydrogen-bond acceptors (Lipinski definition) is 2. The van der Waals surface area contributed by atoms with Crippen LogP contribution in [0.15, 0.2) is 41.0 Å². The molecule has 0 radical (unpaired) electrons. The maximum atomic E-state index is 12.9. The summed E-state index contributed by atoms with van der Waals surface area (Å²) in [7, 11) is 0. The summed E-state index contributed by atoms with van der Waals surface area (Å²) < 4.78 is 18.2. The van der Waals surface area contributed by atoms with Gasteiger partial charge in [-0.05, 0) is 43.7 Å². The number of carbonyl (C=O) groups is 1. The first-order valence-corrected chi connectivity index (χ1v) is 6.72. The van der Waals surface area contributed by atoms with Crippen molar-refractivity contribution in [3.8, 4) is 0 Å². The molecule has 5 heteroatoms. The van der Waals surface area contributed by atoms with Crippen LogP contribution in [0, 0.1) is 5.82 Å². The maximum Gasteiger partial charge on any atom is 0.253 e. The molecule has 3 nitrogen and oxygen atoms in total. The van der Waals surface area contributed by atoms with E-state index in [1.54, 1.807) is 6.26 Å². The standard InChI is InChI=1S/C15H15ClFNO2/c1-10(4-6-12-3-2-8-20-12)18-15(19)13-7-5-11(17)9-14(13)16/h2-3,5,7-10H,4,6H2,1H3,(H,18,19). The molecule has 0 aliphatic rings. The minimum atomic E-state index is -0.461. The normalized spacial score (nSPS) is 12.2. The number of aryl methyl sites for hydroxylation is 1. The van der Waals surface area contributed by atoms with Crippen LogP contribution in [0.2, 0.25) is 5.02 Å². The van der Waals surface area contributed by atoms with E-state index in [1.807, 2.05) is 19.1 Å². The Hall–Kier alpha value is -1.81. The van der Waals surface area contributed by atoms with Gasteiger partial charge in [-0.2, -0.15) is 0 Å². The molecule has 2 rings (SSSR count). The summed E-state index contributed by atoms with van der Waals surface area (Å²) in [5.41, 5.74) is 0.276. The zero-order valence-corrected chi connectivity index (χ0v) is 11.8. The van der Waals surface area contributed by atoms with Crippen LogP contribution in [0.25, 0.3) is 0 Å². The quantitative estimate of drug-likeness (QED) is 0.911. The van der Waals surface area contributed by atoms with Gasteiger partial charge in [0.05, 0.1) is 16.8 Å². The van der Waals surface area contributed by atoms with Crippen molar-refractivity contribution in [2.75, 3.05) is 0 Å². The van der Waals surface area contributed by atoms with E-state index in [2.05, 4.69) is 5.32 Å². The molecule has 20 heavy (non-hydrogen) atoms. The SMILES string of the molecule is CC(CCc1ccco1)NC(=O)c1ccc(F)cc1Cl. The van der Waals surface area contributed by atoms with Gasteiger partial charge in [-0.25, -0.2) is 4.39 Å². The van der Waals surface area contributed by atoms with E-state index in [-0.39, 0.29) is 22.5 Å². The molecular formula is C15H15ClFNO2. The van der Waals surface area contributed by atoms with Crippen LogP contribution in [0.4, 0.5) is 4.39 Å². The summed E-state index contributed by atoms with van der Waals surface area (Å²) in [6.07, 6.45) is 3.11. The van der Waals surface area contributed by atoms with Crippen LogP contribution in [-0.2, 0) is 6.42 Å². The van der Waals surface area contributed by atoms with E-state index in [9.17, 15) is 9.18 Å². The Kier molecular flexibility index (Phi) is 4.79. The smallest absolute Gasteiger partial charge is 0.253 e. The molecule has 0 aliphatic heterocycles. The van der Waals surface area contributed by atoms with Crippen LogP contribution < -0.4 is 5.32 Å². The summed E-state index contributed by atoms with van der Waals surface area (Å²) in [5.74, 6) is 0.116. The van der Waals surface area contributed by atoms with Gasteiger partial charge in [-0.1, -0.05) is 11.6 Å². The molecule has 1 atom stereocenters. The number of furan rings is 1. The number of hydrogen-bond donors (Lipinski definition) is 1. The molecule has 1 N–H and O–H groups in total. The Morgan fingerprint density at radius 2 is 2.25 bits per heavy atom. The monoisotopic (exact) mass is 295 g/mol. The highest BCUT2D eigenvalue weighted by Gasteiger charge is 2.14. The number of benzene rings is 1. The zero-order valence-electron chi connectivity index (χ0n) is 11.0. The average Bonchev–Trinajstić information content (AvgIpc) is 2.89. The van der Waals surface area contributed by atoms with Gasteiger partial charge in [-0.3, -0.25) is 4.79 Å². The molecule has 0 aliphatic carbocycles. The van der Waals surface area contributed by atoms with Crippen molar-refractivity contribution < 1.29 is 13.6 Å². The van der Waals surface area contributed by atoms with Crippen molar-refractivity contribution in [1.29, 1.82) is 0 Å². The number of halogens is 2. The highest BCUT2D eigenvalue weighted by molar-refractivity contribution is 6.33. The van der Waals surface area contributed by atoms with Crippen molar-refractivity contribution in [2.45, 2.75) is 25.8 Å². The average molecular weight is 296 g/mol. The van der Waals surface area contributed by atoms with Gasteiger partial charge in [-0.15, -0.1) is 0 Å². The number of carbonyl (C=O) groups excluding carboxylic acids is 1. The summed E-state index contributed by atoms with van der Waals surface area (Å²) >= 11 is 5.85. The Morgan fingerprint density at radius 1 is 1.45 bits per heavy atom. The van der Waals surface area contributed by atoms with E-state index < -0.39 is 5.82 Å². The molecule has 1 aromatic carbocycles. The number of nitrogens with one attached hydrogen (secondary N) is 1. The van der Waals surface area contributed by atoms with E-state index in [4.69, 9.17) is 16.0 Å². The highest BCUT2D eigenvalue weighted by atomic mass is 35.5. The Morgan fingerprint density at radius 3 is 2.90 bits per heavy atom. The molecular weight excluding hydrogens is 281 g/mol. The van der Waals surface area contributed by atoms with Crippen molar-refractivity contribution in [1.82, 2.24) is 5.32 Å². The molecule has 0 bridgehead atoms. The molecule has 106 valence electrons. The minimum Gasteiger partial charge on any atom is -0.469 e. The van der Waals surface area contributed by atoms with Crippen LogP contribution in [0.5, 0.6) is 0 Å². The molecule has 1 unspecified atom stereocenters. The highest BCUT2D eigenvalue weighted by Crippen LogP contribution is 2.17. The molecule has 0 saturated carbocycles. The summed E-state index contributed by atoms with van der Waals surface area (Å²) in [6, 6.07) is 7.42. The molecule has 2 aromatic rings. The first kappa shape index (κ1) is 14.6. The fourth-order valence-electron chi connectivity index (χ4n) is 1.86. The molecule has 1 aromatic heterocycles. The lowest BCUT2D eigenvalue weighted by molar-refractivity contribution is 0.0938. The second kappa shape index (κ2) is 6.57. The van der Waals surface area contributed by atoms with E-state index in [0.717, 1.165) is 24.7 Å². The van der Waals surface area contributed by atoms with E-state index in [0.29, 0.717) is 0 Å². The first-order valence-electron chi connectivity index (χ1n) is 6.34. The van der Waals surface area contributed by atoms with Crippen LogP contribution >= 0.6 is 11.6 Å². The minimum absolute atomic E-state index is 0.0336. The molecule has 0 saturated heterocycles. The lowest BCUT2D eigenvalue weighted by atomic mass is 10.1. The fourth-order valence-corrected chi connectivity index (χ4v) is 2.11. The van der Waals surface area contributed by atoms with E-state index in [1.165, 1.54) is 12.1 Å². The topological polar surface area (TPSA) is 42.2 Å². The fraction of sp³-hybridized carbons (Fsp3) is 0.267. The molecule has 0 fully saturated rings. The summed E-state index contributed by atoms with van der Waals surface area (Å²) in [5, 5.41) is 2.94. The van der Waals surface area contributed by atoms with Gasteiger partial charge in [0.2, 0.25) is 0 Å². The van der Waals surface area contributed by atoms with Gasteiger partial charge in [0.15, 0.2) is 0 Å². The van der Waals surface area contributed by atoms with Crippen LogP contribution in [0.3, 0.4) is 0 Å². The first-order chi connectivity index (χ1) is 9.56. The van der Waals surface area contributed by atoms with Crippen molar-refractivity contribution in [2.24, 2.45) is 0 Å². The lowest BCUT2D eigenvalue weighted by Crippen LogP contribution is -2.33. The van der Waals surface area contributed by atoms with Gasteiger partial charge in [0.25, 0.3) is 5.91 Å². The number of amides is 1. The summed E-state index contributed by atoms with van der Waals surface area (Å²) in [6.45, 7) is 1.90. The Bertz CT molecular complexity index is 584. The summed E-state index contributed by atoms with van der Waals surface area (Å²) in [4.78, 5) is 12.0. The largest absolute Gasteiger partial charge is 0.469 e. The Labute approximate surface area is 121 Å². The molecule has 1 amide bonds. The van der Waals surface area contributed by atoms with Crippen molar-refractivity contribution in [3.05, 3.63) is 58.8 Å². The van der Waals surface area contributed by atoms with Crippen LogP contribution in [0.1, 0.15) is 29.5 Å². The second-order valence-electron chi connectivity index (χ2n) is 4.62. The van der Waals surface area contributed by atoms with Crippen LogP contribution in [-0.4, -0.2) is 11.9 Å². The molecule has 1 heterocycles. The van der Waals surface area contributed by atoms with Gasteiger partial charge >= 0.3 is 0 Å². The predicted molar refractivity (Wildman–Crippen MR) is 75.4 cm³/mol.